The van der Waals surface area contributed by atoms with E-state index in [1.807, 2.05) is 0 Å². The van der Waals surface area contributed by atoms with Gasteiger partial charge in [0, 0.05) is 63.8 Å². The van der Waals surface area contributed by atoms with Crippen molar-refractivity contribution in [2.45, 2.75) is 38.9 Å². The number of aromatic nitrogens is 2. The fourth-order valence-corrected chi connectivity index (χ4v) is 3.99. The van der Waals surface area contributed by atoms with E-state index in [1.54, 1.807) is 13.8 Å². The summed E-state index contributed by atoms with van der Waals surface area (Å²) in [7, 11) is 0. The summed E-state index contributed by atoms with van der Waals surface area (Å²) >= 11 is 0. The van der Waals surface area contributed by atoms with Gasteiger partial charge in [0.05, 0.1) is 25.0 Å². The number of rotatable bonds is 10. The van der Waals surface area contributed by atoms with Crippen LogP contribution in [-0.4, -0.2) is 90.8 Å². The topological polar surface area (TPSA) is 108 Å². The Morgan fingerprint density at radius 2 is 1.87 bits per heavy atom. The van der Waals surface area contributed by atoms with Crippen LogP contribution < -0.4 is 14.8 Å². The number of hydroxylamine groups is 2. The van der Waals surface area contributed by atoms with Gasteiger partial charge in [0.2, 0.25) is 5.88 Å². The first-order valence-corrected chi connectivity index (χ1v) is 12.7. The zero-order valence-corrected chi connectivity index (χ0v) is 21.5. The predicted octanol–water partition coefficient (Wildman–Crippen LogP) is 3.53. The number of morpholine rings is 1. The molecule has 0 bridgehead atoms. The number of nitrogens with zero attached hydrogens (tertiary/aromatic N) is 4. The minimum Gasteiger partial charge on any atom is -0.489 e. The van der Waals surface area contributed by atoms with Gasteiger partial charge in [-0.3, -0.25) is 4.90 Å². The third kappa shape index (κ3) is 8.36. The molecular formula is C25H33F2N5O6. The Morgan fingerprint density at radius 3 is 2.61 bits per heavy atom. The Labute approximate surface area is 219 Å². The summed E-state index contributed by atoms with van der Waals surface area (Å²) in [4.78, 5) is 27.1. The van der Waals surface area contributed by atoms with Crippen molar-refractivity contribution in [2.24, 2.45) is 0 Å². The van der Waals surface area contributed by atoms with E-state index < -0.39 is 17.8 Å². The molecule has 2 aromatic rings. The Hall–Kier alpha value is -3.29. The zero-order chi connectivity index (χ0) is 26.9. The fourth-order valence-electron chi connectivity index (χ4n) is 3.99. The lowest BCUT2D eigenvalue weighted by molar-refractivity contribution is -0.151. The van der Waals surface area contributed by atoms with Crippen LogP contribution in [0.15, 0.2) is 24.5 Å². The molecule has 0 radical (unpaired) electrons. The average molecular weight is 538 g/mol. The van der Waals surface area contributed by atoms with Gasteiger partial charge in [-0.25, -0.2) is 23.5 Å². The van der Waals surface area contributed by atoms with Crippen LogP contribution in [0.2, 0.25) is 0 Å². The first-order valence-electron chi connectivity index (χ1n) is 12.7. The monoisotopic (exact) mass is 537 g/mol. The van der Waals surface area contributed by atoms with Gasteiger partial charge in [-0.2, -0.15) is 0 Å². The number of ether oxygens (including phenoxy) is 4. The summed E-state index contributed by atoms with van der Waals surface area (Å²) < 4.78 is 51.0. The smallest absolute Gasteiger partial charge is 0.489 e. The molecule has 4 rings (SSSR count). The average Bonchev–Trinajstić information content (AvgIpc) is 2.88. The molecule has 208 valence electrons. The normalized spacial score (nSPS) is 17.3. The van der Waals surface area contributed by atoms with Gasteiger partial charge in [-0.15, -0.1) is 5.06 Å². The molecule has 0 aliphatic carbocycles. The van der Waals surface area contributed by atoms with E-state index in [4.69, 9.17) is 23.8 Å². The van der Waals surface area contributed by atoms with E-state index in [0.717, 1.165) is 25.2 Å². The number of carbonyl (C=O) groups excluding carboxylic acids is 1. The number of hydrogen-bond donors (Lipinski definition) is 1. The van der Waals surface area contributed by atoms with Crippen molar-refractivity contribution in [2.75, 3.05) is 57.9 Å². The lowest BCUT2D eigenvalue weighted by Gasteiger charge is -2.30. The molecule has 1 aromatic carbocycles. The highest BCUT2D eigenvalue weighted by Gasteiger charge is 2.24. The minimum atomic E-state index is -0.734. The fraction of sp³-hybridized carbons (Fsp3) is 0.560. The molecular weight excluding hydrogens is 504 g/mol. The predicted molar refractivity (Wildman–Crippen MR) is 132 cm³/mol. The van der Waals surface area contributed by atoms with Crippen LogP contribution >= 0.6 is 0 Å². The molecule has 3 heterocycles. The minimum absolute atomic E-state index is 0.0913. The lowest BCUT2D eigenvalue weighted by atomic mass is 10.1. The van der Waals surface area contributed by atoms with E-state index in [0.29, 0.717) is 45.7 Å². The maximum absolute atomic E-state index is 14.7. The zero-order valence-electron chi connectivity index (χ0n) is 21.5. The van der Waals surface area contributed by atoms with E-state index in [-0.39, 0.29) is 41.9 Å². The van der Waals surface area contributed by atoms with Crippen LogP contribution in [-0.2, 0) is 14.3 Å². The molecule has 13 heteroatoms. The summed E-state index contributed by atoms with van der Waals surface area (Å²) in [5, 5.41) is 4.30. The SMILES string of the molecule is CC(C)OC(=O)ON1CCC(Oc2cc(Nc3cc(F)c(OCCN4CCOCC4)cc3F)ncn2)CC1. The number of piperidine rings is 1. The van der Waals surface area contributed by atoms with Crippen molar-refractivity contribution >= 4 is 17.7 Å². The summed E-state index contributed by atoms with van der Waals surface area (Å²) in [5.41, 5.74) is -0.0913. The van der Waals surface area contributed by atoms with Crippen molar-refractivity contribution in [1.29, 1.82) is 0 Å². The molecule has 1 aromatic heterocycles. The van der Waals surface area contributed by atoms with Crippen LogP contribution in [0.1, 0.15) is 26.7 Å². The largest absolute Gasteiger partial charge is 0.528 e. The molecule has 2 fully saturated rings. The first-order chi connectivity index (χ1) is 18.4. The Morgan fingerprint density at radius 1 is 1.11 bits per heavy atom. The second kappa shape index (κ2) is 13.5. The number of anilines is 2. The van der Waals surface area contributed by atoms with Crippen LogP contribution in [0.25, 0.3) is 0 Å². The second-order valence-electron chi connectivity index (χ2n) is 9.19. The maximum atomic E-state index is 14.7. The third-order valence-corrected chi connectivity index (χ3v) is 5.92. The molecule has 0 spiro atoms. The third-order valence-electron chi connectivity index (χ3n) is 5.92. The summed E-state index contributed by atoms with van der Waals surface area (Å²) in [6.07, 6.45) is 1.30. The highest BCUT2D eigenvalue weighted by atomic mass is 19.1. The molecule has 2 aliphatic heterocycles. The number of nitrogens with one attached hydrogen (secondary N) is 1. The second-order valence-corrected chi connectivity index (χ2v) is 9.19. The van der Waals surface area contributed by atoms with Gasteiger partial charge < -0.3 is 29.1 Å². The highest BCUT2D eigenvalue weighted by molar-refractivity contribution is 5.60. The highest BCUT2D eigenvalue weighted by Crippen LogP contribution is 2.28. The molecule has 1 N–H and O–H groups in total. The van der Waals surface area contributed by atoms with E-state index in [1.165, 1.54) is 17.5 Å². The molecule has 0 unspecified atom stereocenters. The van der Waals surface area contributed by atoms with Crippen LogP contribution in [0.4, 0.5) is 25.1 Å². The number of benzene rings is 1. The van der Waals surface area contributed by atoms with Crippen molar-refractivity contribution < 1.29 is 37.4 Å². The molecule has 2 aliphatic rings. The van der Waals surface area contributed by atoms with Crippen molar-refractivity contribution in [3.8, 4) is 11.6 Å². The van der Waals surface area contributed by atoms with Gasteiger partial charge in [0.1, 0.15) is 24.9 Å². The number of carbonyl (C=O) groups is 1. The van der Waals surface area contributed by atoms with Crippen LogP contribution in [0.3, 0.4) is 0 Å². The molecule has 0 atom stereocenters. The first kappa shape index (κ1) is 27.7. The van der Waals surface area contributed by atoms with Gasteiger partial charge >= 0.3 is 6.16 Å². The summed E-state index contributed by atoms with van der Waals surface area (Å²) in [5.74, 6) is -0.998. The maximum Gasteiger partial charge on any atom is 0.528 e. The summed E-state index contributed by atoms with van der Waals surface area (Å²) in [6, 6.07) is 3.55. The Balaban J connectivity index is 1.26. The van der Waals surface area contributed by atoms with E-state index in [9.17, 15) is 13.6 Å². The van der Waals surface area contributed by atoms with Crippen molar-refractivity contribution in [3.05, 3.63) is 36.2 Å². The molecule has 0 amide bonds. The number of hydrogen-bond acceptors (Lipinski definition) is 11. The summed E-state index contributed by atoms with van der Waals surface area (Å²) in [6.45, 7) is 8.16. The van der Waals surface area contributed by atoms with Crippen molar-refractivity contribution in [3.63, 3.8) is 0 Å². The quantitative estimate of drug-likeness (QED) is 0.450. The lowest BCUT2D eigenvalue weighted by Crippen LogP contribution is -2.40. The molecule has 0 saturated carbocycles. The van der Waals surface area contributed by atoms with E-state index >= 15 is 0 Å². The molecule has 38 heavy (non-hydrogen) atoms. The standard InChI is InChI=1S/C25H33F2N5O6/c1-17(2)36-25(33)38-32-5-3-18(4-6-32)37-24-15-23(28-16-29-24)30-21-13-20(27)22(14-19(21)26)35-12-9-31-7-10-34-11-8-31/h13-18H,3-12H2,1-2H3,(H,28,29,30). The Bertz CT molecular complexity index is 1060. The van der Waals surface area contributed by atoms with Gasteiger partial charge in [0.25, 0.3) is 0 Å². The van der Waals surface area contributed by atoms with E-state index in [2.05, 4.69) is 20.2 Å². The Kier molecular flexibility index (Phi) is 9.85. The van der Waals surface area contributed by atoms with Crippen LogP contribution in [0, 0.1) is 11.6 Å². The number of halogens is 2. The van der Waals surface area contributed by atoms with Gasteiger partial charge in [0.15, 0.2) is 17.4 Å². The van der Waals surface area contributed by atoms with Gasteiger partial charge in [-0.05, 0) is 13.8 Å². The molecule has 11 nitrogen and oxygen atoms in total. The van der Waals surface area contributed by atoms with Crippen molar-refractivity contribution in [1.82, 2.24) is 19.9 Å². The van der Waals surface area contributed by atoms with Crippen LogP contribution in [0.5, 0.6) is 11.6 Å². The van der Waals surface area contributed by atoms with Gasteiger partial charge in [-0.1, -0.05) is 0 Å². The molecule has 2 saturated heterocycles.